The first kappa shape index (κ1) is 25.7. The molecular weight excluding hydrogens is 404 g/mol. The Kier molecular flexibility index (Phi) is 6.75. The number of rotatable bonds is 6. The molecule has 0 aromatic carbocycles. The summed E-state index contributed by atoms with van der Waals surface area (Å²) in [6, 6.07) is 0. The molecule has 0 spiro atoms. The third-order valence-corrected chi connectivity index (χ3v) is 12.3. The van der Waals surface area contributed by atoms with E-state index in [1.165, 1.54) is 38.5 Å². The van der Waals surface area contributed by atoms with Crippen molar-refractivity contribution >= 4 is 0 Å². The predicted molar refractivity (Wildman–Crippen MR) is 139 cm³/mol. The van der Waals surface area contributed by atoms with E-state index in [0.717, 1.165) is 43.4 Å². The van der Waals surface area contributed by atoms with Crippen LogP contribution < -0.4 is 0 Å². The lowest BCUT2D eigenvalue weighted by atomic mass is 9.40. The van der Waals surface area contributed by atoms with E-state index in [1.807, 2.05) is 0 Å². The first-order chi connectivity index (χ1) is 15.3. The van der Waals surface area contributed by atoms with Gasteiger partial charge in [0.05, 0.1) is 12.2 Å². The third kappa shape index (κ3) is 3.62. The van der Waals surface area contributed by atoms with Crippen molar-refractivity contribution in [1.29, 1.82) is 0 Å². The van der Waals surface area contributed by atoms with Gasteiger partial charge >= 0.3 is 0 Å². The van der Waals surface area contributed by atoms with Crippen LogP contribution in [0.3, 0.4) is 0 Å². The van der Waals surface area contributed by atoms with Gasteiger partial charge in [0.25, 0.3) is 0 Å². The molecule has 0 aromatic heterocycles. The molecule has 190 valence electrons. The summed E-state index contributed by atoms with van der Waals surface area (Å²) >= 11 is 0. The van der Waals surface area contributed by atoms with Crippen molar-refractivity contribution in [3.8, 4) is 0 Å². The Hall–Kier alpha value is -0.340. The number of hydrogen-bond acceptors (Lipinski definition) is 2. The van der Waals surface area contributed by atoms with Gasteiger partial charge < -0.3 is 10.2 Å². The third-order valence-electron chi connectivity index (χ3n) is 12.3. The van der Waals surface area contributed by atoms with Crippen LogP contribution in [-0.4, -0.2) is 22.4 Å². The van der Waals surface area contributed by atoms with E-state index in [9.17, 15) is 10.2 Å². The van der Waals surface area contributed by atoms with Gasteiger partial charge in [0.15, 0.2) is 0 Å². The molecule has 2 N–H and O–H groups in total. The molecule has 2 nitrogen and oxygen atoms in total. The summed E-state index contributed by atoms with van der Waals surface area (Å²) in [7, 11) is 0. The van der Waals surface area contributed by atoms with Crippen LogP contribution in [0.2, 0.25) is 0 Å². The van der Waals surface area contributed by atoms with E-state index >= 15 is 0 Å². The normalized spacial score (nSPS) is 46.2. The number of allylic oxidation sites excluding steroid dienone is 1. The standard InChI is InChI=1S/C31H54O2/c1-20(2)10-9-11-21(3)23-15-19-31(22(4)32)25-12-13-26-28(5,6)27(33)16-17-29(26,7)24(25)14-18-30(23,31)8/h12,20-24,26-27,32-33H,9-11,13-19H2,1-8H3/t21-,22+,23-,24+,26+,27+,29-,30-,31-/m1/s1. The molecule has 0 amide bonds. The molecule has 2 heteroatoms. The maximum absolute atomic E-state index is 11.5. The summed E-state index contributed by atoms with van der Waals surface area (Å²) in [6.45, 7) is 19.0. The Balaban J connectivity index is 1.68. The van der Waals surface area contributed by atoms with Crippen molar-refractivity contribution < 1.29 is 10.2 Å². The Bertz CT molecular complexity index is 750. The van der Waals surface area contributed by atoms with Crippen LogP contribution in [0.5, 0.6) is 0 Å². The molecule has 0 bridgehead atoms. The fraction of sp³-hybridized carbons (Fsp3) is 0.935. The van der Waals surface area contributed by atoms with E-state index in [-0.39, 0.29) is 33.9 Å². The molecule has 0 aliphatic heterocycles. The number of hydrogen-bond donors (Lipinski definition) is 2. The summed E-state index contributed by atoms with van der Waals surface area (Å²) < 4.78 is 0. The second-order valence-electron chi connectivity index (χ2n) is 14.4. The fourth-order valence-corrected chi connectivity index (χ4v) is 10.3. The second kappa shape index (κ2) is 8.65. The Morgan fingerprint density at radius 3 is 2.27 bits per heavy atom. The maximum Gasteiger partial charge on any atom is 0.0610 e. The van der Waals surface area contributed by atoms with Crippen LogP contribution in [0.4, 0.5) is 0 Å². The van der Waals surface area contributed by atoms with Gasteiger partial charge in [-0.2, -0.15) is 0 Å². The van der Waals surface area contributed by atoms with Gasteiger partial charge in [0.1, 0.15) is 0 Å². The molecule has 33 heavy (non-hydrogen) atoms. The highest BCUT2D eigenvalue weighted by Crippen LogP contribution is 2.74. The van der Waals surface area contributed by atoms with Crippen molar-refractivity contribution in [3.05, 3.63) is 11.6 Å². The zero-order valence-corrected chi connectivity index (χ0v) is 23.1. The number of aliphatic hydroxyl groups excluding tert-OH is 2. The minimum atomic E-state index is -0.285. The van der Waals surface area contributed by atoms with Crippen LogP contribution in [0.15, 0.2) is 11.6 Å². The zero-order valence-electron chi connectivity index (χ0n) is 23.1. The van der Waals surface area contributed by atoms with Crippen LogP contribution in [0.1, 0.15) is 120 Å². The van der Waals surface area contributed by atoms with E-state index in [0.29, 0.717) is 11.8 Å². The Morgan fingerprint density at radius 2 is 1.64 bits per heavy atom. The molecular formula is C31H54O2. The van der Waals surface area contributed by atoms with Gasteiger partial charge in [-0.1, -0.05) is 79.4 Å². The highest BCUT2D eigenvalue weighted by atomic mass is 16.3. The van der Waals surface area contributed by atoms with Gasteiger partial charge in [-0.25, -0.2) is 0 Å². The molecule has 0 radical (unpaired) electrons. The van der Waals surface area contributed by atoms with E-state index in [1.54, 1.807) is 5.57 Å². The van der Waals surface area contributed by atoms with E-state index < -0.39 is 0 Å². The Labute approximate surface area is 205 Å². The monoisotopic (exact) mass is 458 g/mol. The van der Waals surface area contributed by atoms with Gasteiger partial charge in [-0.05, 0) is 97.7 Å². The lowest BCUT2D eigenvalue weighted by molar-refractivity contribution is -0.144. The zero-order chi connectivity index (χ0) is 24.4. The van der Waals surface area contributed by atoms with E-state index in [2.05, 4.69) is 61.5 Å². The largest absolute Gasteiger partial charge is 0.393 e. The molecule has 0 saturated heterocycles. The van der Waals surface area contributed by atoms with Gasteiger partial charge in [-0.15, -0.1) is 0 Å². The molecule has 3 saturated carbocycles. The molecule has 4 aliphatic rings. The number of aliphatic hydroxyl groups is 2. The SMILES string of the molecule is CC(C)CCC[C@@H](C)[C@H]1CC[C@@]2([C@H](C)O)C3=CC[C@H]4C(C)(C)[C@@H](O)CC[C@]4(C)[C@H]3CC[C@]12C. The van der Waals surface area contributed by atoms with E-state index in [4.69, 9.17) is 0 Å². The van der Waals surface area contributed by atoms with Crippen LogP contribution in [-0.2, 0) is 0 Å². The molecule has 3 fully saturated rings. The maximum atomic E-state index is 11.5. The second-order valence-corrected chi connectivity index (χ2v) is 14.4. The lowest BCUT2D eigenvalue weighted by Gasteiger charge is -2.65. The first-order valence-corrected chi connectivity index (χ1v) is 14.4. The van der Waals surface area contributed by atoms with Crippen molar-refractivity contribution in [1.82, 2.24) is 0 Å². The lowest BCUT2D eigenvalue weighted by Crippen LogP contribution is -2.60. The van der Waals surface area contributed by atoms with Crippen molar-refractivity contribution in [2.45, 2.75) is 132 Å². The van der Waals surface area contributed by atoms with Gasteiger partial charge in [0.2, 0.25) is 0 Å². The predicted octanol–water partition coefficient (Wildman–Crippen LogP) is 7.78. The summed E-state index contributed by atoms with van der Waals surface area (Å²) in [5, 5.41) is 22.4. The molecule has 4 aliphatic carbocycles. The van der Waals surface area contributed by atoms with Crippen LogP contribution in [0.25, 0.3) is 0 Å². The molecule has 9 atom stereocenters. The van der Waals surface area contributed by atoms with Crippen molar-refractivity contribution in [2.75, 3.05) is 0 Å². The van der Waals surface area contributed by atoms with Crippen LogP contribution >= 0.6 is 0 Å². The molecule has 0 heterocycles. The molecule has 0 aromatic rings. The van der Waals surface area contributed by atoms with Gasteiger partial charge in [-0.3, -0.25) is 0 Å². The minimum Gasteiger partial charge on any atom is -0.393 e. The average molecular weight is 459 g/mol. The topological polar surface area (TPSA) is 40.5 Å². The Morgan fingerprint density at radius 1 is 0.939 bits per heavy atom. The van der Waals surface area contributed by atoms with Crippen LogP contribution in [0, 0.1) is 51.2 Å². The summed E-state index contributed by atoms with van der Waals surface area (Å²) in [6.07, 6.45) is 14.2. The molecule has 0 unspecified atom stereocenters. The van der Waals surface area contributed by atoms with Gasteiger partial charge in [0, 0.05) is 5.41 Å². The first-order valence-electron chi connectivity index (χ1n) is 14.4. The quantitative estimate of drug-likeness (QED) is 0.399. The highest BCUT2D eigenvalue weighted by Gasteiger charge is 2.68. The molecule has 4 rings (SSSR count). The minimum absolute atomic E-state index is 0.0308. The van der Waals surface area contributed by atoms with Crippen molar-refractivity contribution in [3.63, 3.8) is 0 Å². The smallest absolute Gasteiger partial charge is 0.0610 e. The highest BCUT2D eigenvalue weighted by molar-refractivity contribution is 5.35. The number of fused-ring (bicyclic) bond motifs is 5. The summed E-state index contributed by atoms with van der Waals surface area (Å²) in [4.78, 5) is 0. The van der Waals surface area contributed by atoms with Crippen molar-refractivity contribution in [2.24, 2.45) is 51.2 Å². The summed E-state index contributed by atoms with van der Waals surface area (Å²) in [5.74, 6) is 3.35. The summed E-state index contributed by atoms with van der Waals surface area (Å²) in [5.41, 5.74) is 2.00. The average Bonchev–Trinajstić information content (AvgIpc) is 3.05. The fourth-order valence-electron chi connectivity index (χ4n) is 10.3.